The monoisotopic (exact) mass is 543 g/mol. The number of anilines is 4. The number of hydrogen-bond donors (Lipinski definition) is 2. The zero-order valence-corrected chi connectivity index (χ0v) is 22.6. The van der Waals surface area contributed by atoms with Crippen LogP contribution in [0.25, 0.3) is 11.0 Å². The minimum Gasteiger partial charge on any atom is -0.494 e. The molecule has 2 aromatic heterocycles. The number of rotatable bonds is 8. The molecule has 1 amide bonds. The van der Waals surface area contributed by atoms with Gasteiger partial charge in [-0.3, -0.25) is 4.79 Å². The van der Waals surface area contributed by atoms with E-state index in [1.54, 1.807) is 30.0 Å². The summed E-state index contributed by atoms with van der Waals surface area (Å²) in [5.74, 6) is 1.58. The van der Waals surface area contributed by atoms with E-state index in [9.17, 15) is 4.79 Å². The quantitative estimate of drug-likeness (QED) is 0.301. The lowest BCUT2D eigenvalue weighted by atomic mass is 10.1. The molecule has 0 atom stereocenters. The van der Waals surface area contributed by atoms with Crippen LogP contribution in [0.3, 0.4) is 0 Å². The van der Waals surface area contributed by atoms with E-state index in [0.29, 0.717) is 65.9 Å². The third-order valence-electron chi connectivity index (χ3n) is 6.82. The average Bonchev–Trinajstić information content (AvgIpc) is 3.00. The summed E-state index contributed by atoms with van der Waals surface area (Å²) < 4.78 is 27.3. The summed E-state index contributed by atoms with van der Waals surface area (Å²) in [6.07, 6.45) is 2.73. The van der Waals surface area contributed by atoms with E-state index >= 15 is 4.39 Å². The molecule has 0 aliphatic carbocycles. The molecule has 2 aromatic carbocycles. The van der Waals surface area contributed by atoms with Crippen molar-refractivity contribution in [3.8, 4) is 17.2 Å². The van der Waals surface area contributed by atoms with E-state index in [1.807, 2.05) is 31.3 Å². The van der Waals surface area contributed by atoms with Gasteiger partial charge in [0.05, 0.1) is 12.6 Å². The number of halogens is 1. The lowest BCUT2D eigenvalue weighted by Crippen LogP contribution is -2.48. The van der Waals surface area contributed by atoms with Gasteiger partial charge in [-0.1, -0.05) is 6.58 Å². The van der Waals surface area contributed by atoms with Crippen LogP contribution in [0.5, 0.6) is 17.2 Å². The molecule has 10 nitrogen and oxygen atoms in total. The third-order valence-corrected chi connectivity index (χ3v) is 6.82. The molecule has 1 aliphatic rings. The predicted octanol–water partition coefficient (Wildman–Crippen LogP) is 4.89. The van der Waals surface area contributed by atoms with Crippen molar-refractivity contribution in [2.75, 3.05) is 55.9 Å². The first-order valence-electron chi connectivity index (χ1n) is 12.8. The van der Waals surface area contributed by atoms with E-state index in [2.05, 4.69) is 32.1 Å². The molecule has 0 spiro atoms. The number of nitrogens with zero attached hydrogens (tertiary/aromatic N) is 5. The zero-order chi connectivity index (χ0) is 28.2. The molecule has 3 heterocycles. The fraction of sp³-hybridized carbons (Fsp3) is 0.241. The first-order valence-corrected chi connectivity index (χ1v) is 12.8. The van der Waals surface area contributed by atoms with Crippen molar-refractivity contribution >= 4 is 40.0 Å². The minimum absolute atomic E-state index is 0.0830. The molecule has 2 N–H and O–H groups in total. The molecule has 1 saturated heterocycles. The van der Waals surface area contributed by atoms with Gasteiger partial charge in [0, 0.05) is 50.5 Å². The van der Waals surface area contributed by atoms with Crippen molar-refractivity contribution < 1.29 is 18.7 Å². The van der Waals surface area contributed by atoms with Gasteiger partial charge in [0.2, 0.25) is 5.91 Å². The molecule has 0 unspecified atom stereocenters. The second-order valence-corrected chi connectivity index (χ2v) is 9.17. The molecule has 11 heteroatoms. The maximum absolute atomic E-state index is 15.8. The lowest BCUT2D eigenvalue weighted by molar-refractivity contribution is -0.126. The molecule has 0 radical (unpaired) electrons. The van der Waals surface area contributed by atoms with Gasteiger partial charge in [-0.25, -0.2) is 19.3 Å². The maximum Gasteiger partial charge on any atom is 0.246 e. The topological polar surface area (TPSA) is 105 Å². The number of methoxy groups -OCH3 is 1. The highest BCUT2D eigenvalue weighted by Gasteiger charge is 2.23. The van der Waals surface area contributed by atoms with Crippen molar-refractivity contribution in [3.05, 3.63) is 72.8 Å². The molecule has 4 aromatic rings. The number of ether oxygens (including phenoxy) is 2. The van der Waals surface area contributed by atoms with Crippen molar-refractivity contribution in [2.24, 2.45) is 0 Å². The first-order chi connectivity index (χ1) is 19.4. The molecule has 5 rings (SSSR count). The highest BCUT2D eigenvalue weighted by molar-refractivity contribution is 5.89. The summed E-state index contributed by atoms with van der Waals surface area (Å²) in [6.45, 7) is 7.58. The highest BCUT2D eigenvalue weighted by atomic mass is 19.1. The van der Waals surface area contributed by atoms with Crippen LogP contribution in [0.2, 0.25) is 0 Å². The summed E-state index contributed by atoms with van der Waals surface area (Å²) in [5, 5.41) is 6.13. The van der Waals surface area contributed by atoms with Crippen LogP contribution < -0.4 is 25.0 Å². The van der Waals surface area contributed by atoms with Gasteiger partial charge in [0.25, 0.3) is 0 Å². The molecule has 0 bridgehead atoms. The molecule has 0 saturated carbocycles. The van der Waals surface area contributed by atoms with E-state index in [0.717, 1.165) is 5.69 Å². The number of piperazine rings is 1. The Labute approximate surface area is 231 Å². The van der Waals surface area contributed by atoms with E-state index in [4.69, 9.17) is 14.5 Å². The van der Waals surface area contributed by atoms with Gasteiger partial charge in [-0.05, 0) is 49.4 Å². The van der Waals surface area contributed by atoms with Crippen molar-refractivity contribution in [1.82, 2.24) is 19.9 Å². The number of carbonyl (C=O) groups excluding carboxylic acids is 1. The number of amides is 1. The fourth-order valence-electron chi connectivity index (χ4n) is 4.50. The van der Waals surface area contributed by atoms with Gasteiger partial charge >= 0.3 is 0 Å². The first kappa shape index (κ1) is 26.7. The SMILES string of the molecule is C=CC(=O)N1CCN(c2ccc3ncnc(Nc4c(OC)cc(Oc5ccc(NC)cc5)c(C)c4F)c3n2)CC1. The molecule has 1 fully saturated rings. The largest absolute Gasteiger partial charge is 0.494 e. The molecular weight excluding hydrogens is 513 g/mol. The summed E-state index contributed by atoms with van der Waals surface area (Å²) >= 11 is 0. The van der Waals surface area contributed by atoms with Crippen molar-refractivity contribution in [1.29, 1.82) is 0 Å². The smallest absolute Gasteiger partial charge is 0.246 e. The van der Waals surface area contributed by atoms with E-state index in [1.165, 1.54) is 19.5 Å². The lowest BCUT2D eigenvalue weighted by Gasteiger charge is -2.35. The van der Waals surface area contributed by atoms with Crippen LogP contribution >= 0.6 is 0 Å². The van der Waals surface area contributed by atoms with Crippen LogP contribution in [-0.2, 0) is 4.79 Å². The predicted molar refractivity (Wildman–Crippen MR) is 153 cm³/mol. The number of pyridine rings is 1. The summed E-state index contributed by atoms with van der Waals surface area (Å²) in [5.41, 5.74) is 2.43. The van der Waals surface area contributed by atoms with Crippen LogP contribution in [0.1, 0.15) is 5.56 Å². The van der Waals surface area contributed by atoms with Crippen LogP contribution in [-0.4, -0.2) is 66.1 Å². The van der Waals surface area contributed by atoms with E-state index in [-0.39, 0.29) is 17.3 Å². The molecule has 40 heavy (non-hydrogen) atoms. The Balaban J connectivity index is 1.43. The molecular formula is C29H30FN7O3. The normalized spacial score (nSPS) is 13.2. The Morgan fingerprint density at radius 1 is 1.07 bits per heavy atom. The Morgan fingerprint density at radius 2 is 1.82 bits per heavy atom. The maximum atomic E-state index is 15.8. The zero-order valence-electron chi connectivity index (χ0n) is 22.6. The second-order valence-electron chi connectivity index (χ2n) is 9.17. The average molecular weight is 544 g/mol. The number of nitrogens with one attached hydrogen (secondary N) is 2. The van der Waals surface area contributed by atoms with Crippen LogP contribution in [0.4, 0.5) is 27.4 Å². The van der Waals surface area contributed by atoms with Crippen molar-refractivity contribution in [2.45, 2.75) is 6.92 Å². The number of fused-ring (bicyclic) bond motifs is 1. The third kappa shape index (κ3) is 5.31. The number of hydrogen-bond acceptors (Lipinski definition) is 9. The second kappa shape index (κ2) is 11.4. The standard InChI is InChI=1S/C29H30FN7O3/c1-5-25(38)37-14-12-36(13-15-37)24-11-10-21-27(34-24)29(33-17-32-21)35-28-23(39-4)16-22(18(2)26(28)30)40-20-8-6-19(31-3)7-9-20/h5-11,16-17,31H,1,12-15H2,2-4H3,(H,32,33,35). The van der Waals surface area contributed by atoms with Crippen LogP contribution in [0.15, 0.2) is 61.4 Å². The summed E-state index contributed by atoms with van der Waals surface area (Å²) in [4.78, 5) is 29.3. The van der Waals surface area contributed by atoms with Crippen LogP contribution in [0, 0.1) is 12.7 Å². The van der Waals surface area contributed by atoms with Gasteiger partial charge < -0.3 is 29.9 Å². The Hall–Kier alpha value is -4.93. The summed E-state index contributed by atoms with van der Waals surface area (Å²) in [7, 11) is 3.30. The van der Waals surface area contributed by atoms with Gasteiger partial charge in [0.1, 0.15) is 40.6 Å². The Morgan fingerprint density at radius 3 is 2.50 bits per heavy atom. The highest BCUT2D eigenvalue weighted by Crippen LogP contribution is 2.40. The van der Waals surface area contributed by atoms with E-state index < -0.39 is 5.82 Å². The number of benzene rings is 2. The summed E-state index contributed by atoms with van der Waals surface area (Å²) in [6, 6.07) is 12.7. The fourth-order valence-corrected chi connectivity index (χ4v) is 4.50. The molecule has 206 valence electrons. The minimum atomic E-state index is -0.535. The van der Waals surface area contributed by atoms with Gasteiger partial charge in [0.15, 0.2) is 11.6 Å². The van der Waals surface area contributed by atoms with Gasteiger partial charge in [-0.15, -0.1) is 0 Å². The Bertz CT molecular complexity index is 1550. The van der Waals surface area contributed by atoms with Gasteiger partial charge in [-0.2, -0.15) is 0 Å². The number of aromatic nitrogens is 3. The Kier molecular flexibility index (Phi) is 7.63. The number of carbonyl (C=O) groups is 1. The van der Waals surface area contributed by atoms with Crippen molar-refractivity contribution in [3.63, 3.8) is 0 Å². The molecule has 1 aliphatic heterocycles.